The van der Waals surface area contributed by atoms with Crippen LogP contribution in [0, 0.1) is 20.8 Å². The molecule has 0 atom stereocenters. The molecule has 137 heavy (non-hydrogen) atoms. The van der Waals surface area contributed by atoms with Gasteiger partial charge < -0.3 is 75.8 Å². The van der Waals surface area contributed by atoms with Gasteiger partial charge >= 0.3 is 71.6 Å². The lowest BCUT2D eigenvalue weighted by atomic mass is 10.1. The van der Waals surface area contributed by atoms with E-state index in [-0.39, 0.29) is 23.5 Å². The number of methoxy groups -OCH3 is 1. The minimum atomic E-state index is -0.578. The molecule has 0 spiro atoms. The van der Waals surface area contributed by atoms with Crippen molar-refractivity contribution in [3.8, 4) is 63.2 Å². The molecular weight excluding hydrogens is 1760 g/mol. The highest BCUT2D eigenvalue weighted by Crippen LogP contribution is 2.27. The van der Waals surface area contributed by atoms with E-state index in [1.54, 1.807) is 146 Å². The zero-order valence-corrected chi connectivity index (χ0v) is 78.7. The third-order valence-corrected chi connectivity index (χ3v) is 18.3. The van der Waals surface area contributed by atoms with E-state index < -0.39 is 53.7 Å². The summed E-state index contributed by atoms with van der Waals surface area (Å²) in [5.41, 5.74) is 5.76. The average Bonchev–Trinajstić information content (AvgIpc) is 0.840. The largest absolute Gasteiger partial charge is 0.494 e. The van der Waals surface area contributed by atoms with Gasteiger partial charge in [-0.25, -0.2) is 52.7 Å². The van der Waals surface area contributed by atoms with Crippen LogP contribution in [0.4, 0.5) is 0 Å². The number of ether oxygens (including phenoxy) is 16. The second-order valence-electron chi connectivity index (χ2n) is 29.3. The van der Waals surface area contributed by atoms with Crippen molar-refractivity contribution in [2.45, 2.75) is 132 Å². The number of carbonyl (C=O) groups excluding carboxylic acids is 12. The Morgan fingerprint density at radius 3 is 0.788 bits per heavy atom. The van der Waals surface area contributed by atoms with Gasteiger partial charge in [-0.3, -0.25) is 4.79 Å². The van der Waals surface area contributed by atoms with Crippen molar-refractivity contribution in [1.29, 1.82) is 0 Å². The predicted octanol–water partition coefficient (Wildman–Crippen LogP) is 21.9. The zero-order chi connectivity index (χ0) is 99.9. The maximum Gasteiger partial charge on any atom is 0.343 e. The zero-order valence-electron chi connectivity index (χ0n) is 78.7. The van der Waals surface area contributed by atoms with Crippen LogP contribution in [0.25, 0.3) is 0 Å². The highest BCUT2D eigenvalue weighted by atomic mass is 16.6. The summed E-state index contributed by atoms with van der Waals surface area (Å²) in [6, 6.07) is 64.4. The fraction of sp³-hybridized carbons (Fsp3) is 0.266. The average molecular weight is 1880 g/mol. The quantitative estimate of drug-likeness (QED) is 0.0112. The van der Waals surface area contributed by atoms with Gasteiger partial charge in [0.15, 0.2) is 0 Å². The first-order valence-corrected chi connectivity index (χ1v) is 44.4. The van der Waals surface area contributed by atoms with E-state index in [0.717, 1.165) is 105 Å². The molecule has 0 N–H and O–H groups in total. The van der Waals surface area contributed by atoms with Gasteiger partial charge in [0.1, 0.15) is 63.2 Å². The van der Waals surface area contributed by atoms with Gasteiger partial charge in [-0.1, -0.05) is 102 Å². The Morgan fingerprint density at radius 1 is 0.248 bits per heavy atom. The maximum atomic E-state index is 12.4. The van der Waals surface area contributed by atoms with Crippen LogP contribution in [0.15, 0.2) is 287 Å². The molecule has 28 heteroatoms. The highest BCUT2D eigenvalue weighted by Gasteiger charge is 2.18. The van der Waals surface area contributed by atoms with Crippen LogP contribution >= 0.6 is 0 Å². The number of benzene rings is 10. The van der Waals surface area contributed by atoms with Crippen molar-refractivity contribution in [2.75, 3.05) is 60.0 Å². The molecular formula is C109H118O28. The first-order valence-electron chi connectivity index (χ1n) is 44.4. The van der Waals surface area contributed by atoms with Gasteiger partial charge in [-0.2, -0.15) is 0 Å². The number of rotatable bonds is 44. The minimum absolute atomic E-state index is 0.284. The number of carbonyl (C=O) groups is 12. The van der Waals surface area contributed by atoms with Crippen LogP contribution in [0.1, 0.15) is 201 Å². The monoisotopic (exact) mass is 1870 g/mol. The molecule has 722 valence electrons. The smallest absolute Gasteiger partial charge is 0.343 e. The molecule has 0 amide bonds. The van der Waals surface area contributed by atoms with Gasteiger partial charge in [0, 0.05) is 31.2 Å². The Balaban J connectivity index is 0.000000305. The molecule has 10 aromatic carbocycles. The summed E-state index contributed by atoms with van der Waals surface area (Å²) in [7, 11) is 1.30. The van der Waals surface area contributed by atoms with E-state index in [0.29, 0.717) is 150 Å². The summed E-state index contributed by atoms with van der Waals surface area (Å²) in [4.78, 5) is 138. The molecule has 0 heterocycles. The van der Waals surface area contributed by atoms with Crippen LogP contribution in [0.2, 0.25) is 0 Å². The van der Waals surface area contributed by atoms with Crippen LogP contribution in [-0.2, 0) is 47.7 Å². The molecule has 0 radical (unpaired) electrons. The summed E-state index contributed by atoms with van der Waals surface area (Å²) in [6.45, 7) is 32.3. The third-order valence-electron chi connectivity index (χ3n) is 18.3. The van der Waals surface area contributed by atoms with Gasteiger partial charge in [0.2, 0.25) is 0 Å². The number of esters is 12. The Morgan fingerprint density at radius 2 is 0.496 bits per heavy atom. The summed E-state index contributed by atoms with van der Waals surface area (Å²) in [5, 5.41) is 0. The molecule has 0 bridgehead atoms. The first-order chi connectivity index (χ1) is 66.1. The van der Waals surface area contributed by atoms with E-state index in [1.165, 1.54) is 99.0 Å². The van der Waals surface area contributed by atoms with E-state index in [1.807, 2.05) is 52.0 Å². The van der Waals surface area contributed by atoms with Crippen molar-refractivity contribution < 1.29 is 133 Å². The molecule has 0 aliphatic carbocycles. The summed E-state index contributed by atoms with van der Waals surface area (Å²) in [5.74, 6) is 0.0329. The van der Waals surface area contributed by atoms with Crippen molar-refractivity contribution in [3.05, 3.63) is 343 Å². The van der Waals surface area contributed by atoms with E-state index in [9.17, 15) is 57.5 Å². The van der Waals surface area contributed by atoms with Gasteiger partial charge in [0.05, 0.1) is 98.9 Å². The van der Waals surface area contributed by atoms with Crippen molar-refractivity contribution in [3.63, 3.8) is 0 Å². The summed E-state index contributed by atoms with van der Waals surface area (Å²) >= 11 is 0. The first kappa shape index (κ1) is 112. The SMILES string of the molecule is C=CC(=O)OCC.C=CC(=O)OCCCCC.C=CC(=O)OCCCCCCOc1ccc(C(=O)Oc2ccc(C)cc2)cc1.C=CC(=O)OCCCCOc1ccc(C(=O)Oc2ccc(C(=O)OC)cc2)cc1.CCCCOc1ccc(C(=O)Oc2ccc(C(=O)Oc3ccc(C)cc3C)cc2)cc1.CCCOc1ccc(C(=O)Oc2ccc(C(=O)Oc3ccc(OC(C)=O)cc3)cc2)cc1. The molecule has 28 nitrogen and oxygen atoms in total. The number of aryl methyl sites for hydroxylation is 3. The molecule has 10 rings (SSSR count). The Labute approximate surface area is 799 Å². The normalized spacial score (nSPS) is 9.96. The molecule has 0 aliphatic rings. The third kappa shape index (κ3) is 45.8. The van der Waals surface area contributed by atoms with Gasteiger partial charge in [0.25, 0.3) is 0 Å². The van der Waals surface area contributed by atoms with Crippen LogP contribution < -0.4 is 52.1 Å². The fourth-order valence-electron chi connectivity index (χ4n) is 11.0. The Kier molecular flexibility index (Phi) is 52.7. The summed E-state index contributed by atoms with van der Waals surface area (Å²) < 4.78 is 83.0. The second kappa shape index (κ2) is 64.8. The van der Waals surface area contributed by atoms with Crippen LogP contribution in [0.5, 0.6) is 63.2 Å². The maximum absolute atomic E-state index is 12.4. The summed E-state index contributed by atoms with van der Waals surface area (Å²) in [6.07, 6.45) is 15.9. The molecule has 0 unspecified atom stereocenters. The lowest BCUT2D eigenvalue weighted by Gasteiger charge is -2.09. The van der Waals surface area contributed by atoms with Crippen molar-refractivity contribution in [1.82, 2.24) is 0 Å². The Hall–Kier alpha value is -16.0. The number of hydrogen-bond acceptors (Lipinski definition) is 28. The second-order valence-corrected chi connectivity index (χ2v) is 29.3. The molecule has 0 saturated carbocycles. The van der Waals surface area contributed by atoms with Gasteiger partial charge in [-0.15, -0.1) is 0 Å². The Bertz CT molecular complexity index is 5450. The van der Waals surface area contributed by atoms with Crippen molar-refractivity contribution >= 4 is 71.6 Å². The fourth-order valence-corrected chi connectivity index (χ4v) is 11.0. The van der Waals surface area contributed by atoms with Gasteiger partial charge in [-0.05, 0) is 303 Å². The van der Waals surface area contributed by atoms with E-state index >= 15 is 0 Å². The van der Waals surface area contributed by atoms with Crippen molar-refractivity contribution in [2.24, 2.45) is 0 Å². The highest BCUT2D eigenvalue weighted by molar-refractivity contribution is 5.96. The molecule has 0 aromatic heterocycles. The van der Waals surface area contributed by atoms with Crippen LogP contribution in [0.3, 0.4) is 0 Å². The lowest BCUT2D eigenvalue weighted by Crippen LogP contribution is -2.10. The molecule has 0 fully saturated rings. The number of hydrogen-bond donors (Lipinski definition) is 0. The van der Waals surface area contributed by atoms with Crippen LogP contribution in [-0.4, -0.2) is 132 Å². The lowest BCUT2D eigenvalue weighted by molar-refractivity contribution is -0.138. The molecule has 0 saturated heterocycles. The predicted molar refractivity (Wildman–Crippen MR) is 516 cm³/mol. The number of unbranched alkanes of at least 4 members (excludes halogenated alkanes) is 7. The minimum Gasteiger partial charge on any atom is -0.494 e. The standard InChI is InChI=1S/C26H26O5.C25H22O7.C23H26O5.C22H22O7.C8H14O2.C5H8O2/c1-4-5-16-29-22-11-7-20(8-12-22)25(27)30-23-13-9-21(10-14-23)26(28)31-24-15-6-18(2)17-19(24)3;1-3-16-29-20-8-4-18(5-9-20)24(27)31-22-10-6-19(7-11-22)25(28)32-23-14-12-21(13-15-23)30-17(2)26;1-3-22(24)27-17-7-5-4-6-16-26-20-14-10-19(11-15-20)23(25)28-21-12-8-18(2)9-13-21;1-3-20(23)28-15-5-4-14-27-18-10-6-17(7-11-18)22(25)29-19-12-8-16(9-13-19)21(24)26-2;1-3-5-6-7-10-8(9)4-2;1-3-5(6)7-4-2/h6-15,17H,4-5,16H2,1-3H3;4-15H,3,16H2,1-2H3;3,8-15H,1,4-7,16-17H2,2H3;3,6-13H,1,4-5,14-15H2,2H3;4H,2-3,5-7H2,1H3;3H,1,4H2,2H3. The molecule has 10 aromatic rings. The van der Waals surface area contributed by atoms with E-state index in [2.05, 4.69) is 49.6 Å². The van der Waals surface area contributed by atoms with E-state index in [4.69, 9.17) is 66.3 Å². The topological polar surface area (TPSA) is 353 Å². The molecule has 0 aliphatic heterocycles.